The Labute approximate surface area is 207 Å². The van der Waals surface area contributed by atoms with E-state index in [1.165, 1.54) is 18.2 Å². The molecule has 1 aromatic heterocycles. The van der Waals surface area contributed by atoms with E-state index in [4.69, 9.17) is 0 Å². The number of rotatable bonds is 5. The molecule has 3 aromatic carbocycles. The minimum absolute atomic E-state index is 0.0319. The second-order valence-electron chi connectivity index (χ2n) is 8.33. The van der Waals surface area contributed by atoms with Crippen molar-refractivity contribution in [3.63, 3.8) is 0 Å². The largest absolute Gasteiger partial charge is 0.373 e. The molecule has 0 spiro atoms. The van der Waals surface area contributed by atoms with Gasteiger partial charge in [0, 0.05) is 42.5 Å². The number of aromatic nitrogens is 1. The van der Waals surface area contributed by atoms with Crippen molar-refractivity contribution in [3.05, 3.63) is 84.3 Å². The van der Waals surface area contributed by atoms with Crippen LogP contribution in [0.3, 0.4) is 0 Å². The van der Waals surface area contributed by atoms with Gasteiger partial charge in [0.2, 0.25) is 0 Å². The lowest BCUT2D eigenvalue weighted by Crippen LogP contribution is -2.47. The van der Waals surface area contributed by atoms with Crippen molar-refractivity contribution in [3.8, 4) is 0 Å². The van der Waals surface area contributed by atoms with Crippen molar-refractivity contribution >= 4 is 51.4 Å². The fourth-order valence-electron chi connectivity index (χ4n) is 4.36. The number of nitrogens with one attached hydrogen (secondary N) is 3. The lowest BCUT2D eigenvalue weighted by Gasteiger charge is -2.36. The van der Waals surface area contributed by atoms with Crippen molar-refractivity contribution in [2.75, 3.05) is 39.3 Å². The van der Waals surface area contributed by atoms with Gasteiger partial charge >= 0.3 is 12.1 Å². The first-order valence-corrected chi connectivity index (χ1v) is 11.6. The molecule has 1 aliphatic rings. The maximum Gasteiger partial charge on any atom is 0.329 e. The molecule has 1 aliphatic heterocycles. The first-order valence-electron chi connectivity index (χ1n) is 11.6. The van der Waals surface area contributed by atoms with E-state index in [1.54, 1.807) is 29.1 Å². The monoisotopic (exact) mass is 484 g/mol. The Kier molecular flexibility index (Phi) is 6.12. The van der Waals surface area contributed by atoms with E-state index in [-0.39, 0.29) is 18.3 Å². The topological polar surface area (TPSA) is 89.6 Å². The molecule has 5 rings (SSSR count). The van der Waals surface area contributed by atoms with Gasteiger partial charge < -0.3 is 16.0 Å². The zero-order valence-corrected chi connectivity index (χ0v) is 19.9. The first-order chi connectivity index (χ1) is 17.5. The predicted octanol–water partition coefficient (Wildman–Crippen LogP) is 6.03. The van der Waals surface area contributed by atoms with Crippen molar-refractivity contribution in [2.24, 2.45) is 0 Å². The summed E-state index contributed by atoms with van der Waals surface area (Å²) in [6.07, 6.45) is 1.73. The summed E-state index contributed by atoms with van der Waals surface area (Å²) in [5, 5.41) is 10.2. The van der Waals surface area contributed by atoms with Crippen LogP contribution in [0.5, 0.6) is 0 Å². The van der Waals surface area contributed by atoms with Crippen molar-refractivity contribution < 1.29 is 14.0 Å². The molecule has 36 heavy (non-hydrogen) atoms. The second kappa shape index (κ2) is 9.53. The molecule has 0 fully saturated rings. The summed E-state index contributed by atoms with van der Waals surface area (Å²) in [6, 6.07) is 18.5. The van der Waals surface area contributed by atoms with Gasteiger partial charge in [-0.3, -0.25) is 9.80 Å². The SMILES string of the molecule is CCN1C(=O)N(c2ccc(F)c(NC(=O)Nc3cccc4ccccc34)c2)Cc2cnc(NC)cc21. The molecular formula is C27H25FN6O2. The zero-order valence-electron chi connectivity index (χ0n) is 19.9. The lowest BCUT2D eigenvalue weighted by molar-refractivity contribution is 0.250. The van der Waals surface area contributed by atoms with Gasteiger partial charge in [-0.2, -0.15) is 0 Å². The zero-order chi connectivity index (χ0) is 25.2. The standard InChI is InChI=1S/C27H25FN6O2/c1-3-33-24-14-25(29-2)30-15-18(24)16-34(27(33)36)19-11-12-21(28)23(13-19)32-26(35)31-22-10-6-8-17-7-4-5-9-20(17)22/h4-15H,3,16H2,1-2H3,(H,29,30)(H2,31,32,35). The second-order valence-corrected chi connectivity index (χ2v) is 8.33. The molecule has 0 bridgehead atoms. The van der Waals surface area contributed by atoms with Gasteiger partial charge in [0.25, 0.3) is 0 Å². The van der Waals surface area contributed by atoms with Gasteiger partial charge in [-0.15, -0.1) is 0 Å². The molecule has 2 heterocycles. The number of hydrogen-bond donors (Lipinski definition) is 3. The molecule has 0 saturated carbocycles. The number of amides is 4. The van der Waals surface area contributed by atoms with Gasteiger partial charge in [-0.25, -0.2) is 19.0 Å². The van der Waals surface area contributed by atoms with Crippen LogP contribution >= 0.6 is 0 Å². The Morgan fingerprint density at radius 2 is 1.81 bits per heavy atom. The quantitative estimate of drug-likeness (QED) is 0.323. The van der Waals surface area contributed by atoms with Crippen LogP contribution in [-0.2, 0) is 6.54 Å². The van der Waals surface area contributed by atoms with E-state index in [9.17, 15) is 14.0 Å². The third-order valence-corrected chi connectivity index (χ3v) is 6.16. The minimum Gasteiger partial charge on any atom is -0.373 e. The number of fused-ring (bicyclic) bond motifs is 2. The molecule has 0 saturated heterocycles. The van der Waals surface area contributed by atoms with Crippen LogP contribution in [0.1, 0.15) is 12.5 Å². The average Bonchev–Trinajstić information content (AvgIpc) is 2.89. The van der Waals surface area contributed by atoms with Crippen molar-refractivity contribution in [1.29, 1.82) is 0 Å². The number of carbonyl (C=O) groups excluding carboxylic acids is 2. The fraction of sp³-hybridized carbons (Fsp3) is 0.148. The van der Waals surface area contributed by atoms with E-state index >= 15 is 0 Å². The normalized spacial score (nSPS) is 12.9. The maximum atomic E-state index is 14.7. The van der Waals surface area contributed by atoms with Crippen LogP contribution in [0.25, 0.3) is 10.8 Å². The lowest BCUT2D eigenvalue weighted by atomic mass is 10.1. The number of urea groups is 2. The number of hydrogen-bond acceptors (Lipinski definition) is 4. The molecular weight excluding hydrogens is 459 g/mol. The van der Waals surface area contributed by atoms with Gasteiger partial charge in [0.1, 0.15) is 11.6 Å². The molecule has 4 aromatic rings. The number of anilines is 5. The summed E-state index contributed by atoms with van der Waals surface area (Å²) in [5.74, 6) is 0.0586. The van der Waals surface area contributed by atoms with Gasteiger partial charge in [0.05, 0.1) is 23.6 Å². The Balaban J connectivity index is 1.40. The van der Waals surface area contributed by atoms with Crippen LogP contribution in [-0.4, -0.2) is 30.6 Å². The smallest absolute Gasteiger partial charge is 0.329 e. The molecule has 0 radical (unpaired) electrons. The molecule has 182 valence electrons. The van der Waals surface area contributed by atoms with Gasteiger partial charge in [0.15, 0.2) is 0 Å². The minimum atomic E-state index is -0.607. The number of carbonyl (C=O) groups is 2. The number of pyridine rings is 1. The summed E-state index contributed by atoms with van der Waals surface area (Å²) < 4.78 is 14.7. The van der Waals surface area contributed by atoms with Gasteiger partial charge in [-0.1, -0.05) is 36.4 Å². The maximum absolute atomic E-state index is 14.7. The summed E-state index contributed by atoms with van der Waals surface area (Å²) in [5.41, 5.74) is 2.69. The molecule has 0 atom stereocenters. The molecule has 0 aliphatic carbocycles. The third-order valence-electron chi connectivity index (χ3n) is 6.16. The average molecular weight is 485 g/mol. The number of benzene rings is 3. The van der Waals surface area contributed by atoms with Crippen LogP contribution in [0.4, 0.5) is 42.5 Å². The number of nitrogens with zero attached hydrogens (tertiary/aromatic N) is 3. The Morgan fingerprint density at radius 3 is 2.61 bits per heavy atom. The summed E-state index contributed by atoms with van der Waals surface area (Å²) in [4.78, 5) is 33.6. The number of halogens is 1. The molecule has 3 N–H and O–H groups in total. The highest BCUT2D eigenvalue weighted by atomic mass is 19.1. The highest BCUT2D eigenvalue weighted by molar-refractivity contribution is 6.08. The highest BCUT2D eigenvalue weighted by Gasteiger charge is 2.31. The fourth-order valence-corrected chi connectivity index (χ4v) is 4.36. The Hall–Kier alpha value is -4.66. The molecule has 4 amide bonds. The van der Waals surface area contributed by atoms with E-state index in [0.29, 0.717) is 23.7 Å². The summed E-state index contributed by atoms with van der Waals surface area (Å²) in [6.45, 7) is 2.62. The van der Waals surface area contributed by atoms with E-state index in [2.05, 4.69) is 20.9 Å². The molecule has 8 nitrogen and oxygen atoms in total. The van der Waals surface area contributed by atoms with E-state index < -0.39 is 11.8 Å². The Bertz CT molecular complexity index is 1470. The van der Waals surface area contributed by atoms with Crippen molar-refractivity contribution in [1.82, 2.24) is 4.98 Å². The highest BCUT2D eigenvalue weighted by Crippen LogP contribution is 2.34. The van der Waals surface area contributed by atoms with Crippen LogP contribution in [0, 0.1) is 5.82 Å². The van der Waals surface area contributed by atoms with Gasteiger partial charge in [-0.05, 0) is 36.6 Å². The van der Waals surface area contributed by atoms with Crippen LogP contribution in [0.15, 0.2) is 72.9 Å². The van der Waals surface area contributed by atoms with E-state index in [1.807, 2.05) is 49.4 Å². The first kappa shape index (κ1) is 23.1. The van der Waals surface area contributed by atoms with Crippen LogP contribution in [0.2, 0.25) is 0 Å². The predicted molar refractivity (Wildman–Crippen MR) is 141 cm³/mol. The molecule has 9 heteroatoms. The van der Waals surface area contributed by atoms with E-state index in [0.717, 1.165) is 22.0 Å². The molecule has 0 unspecified atom stereocenters. The Morgan fingerprint density at radius 1 is 1.03 bits per heavy atom. The summed E-state index contributed by atoms with van der Waals surface area (Å²) in [7, 11) is 1.77. The third kappa shape index (κ3) is 4.26. The van der Waals surface area contributed by atoms with Crippen molar-refractivity contribution in [2.45, 2.75) is 13.5 Å². The summed E-state index contributed by atoms with van der Waals surface area (Å²) >= 11 is 0. The van der Waals surface area contributed by atoms with Crippen LogP contribution < -0.4 is 25.8 Å².